The molecule has 0 aromatic heterocycles. The summed E-state index contributed by atoms with van der Waals surface area (Å²) in [5.41, 5.74) is 1.30. The third kappa shape index (κ3) is 7.89. The van der Waals surface area contributed by atoms with Crippen molar-refractivity contribution in [2.24, 2.45) is 0 Å². The Kier molecular flexibility index (Phi) is 10.4. The van der Waals surface area contributed by atoms with Gasteiger partial charge in [0.25, 0.3) is 0 Å². The molecule has 2 aromatic rings. The summed E-state index contributed by atoms with van der Waals surface area (Å²) in [4.78, 5) is 60.9. The van der Waals surface area contributed by atoms with Gasteiger partial charge in [-0.25, -0.2) is 0 Å². The van der Waals surface area contributed by atoms with Crippen LogP contribution >= 0.6 is 0 Å². The molecule has 5 atom stereocenters. The maximum absolute atomic E-state index is 13.0. The highest BCUT2D eigenvalue weighted by Gasteiger charge is 2.53. The maximum Gasteiger partial charge on any atom is 0.303 e. The van der Waals surface area contributed by atoms with Crippen LogP contribution in [0.2, 0.25) is 0 Å². The zero-order valence-corrected chi connectivity index (χ0v) is 22.9. The smallest absolute Gasteiger partial charge is 0.303 e. The van der Waals surface area contributed by atoms with Crippen LogP contribution in [0.3, 0.4) is 0 Å². The third-order valence-corrected chi connectivity index (χ3v) is 5.95. The lowest BCUT2D eigenvalue weighted by atomic mass is 9.87. The molecule has 3 rings (SSSR count). The van der Waals surface area contributed by atoms with E-state index in [4.69, 9.17) is 28.4 Å². The minimum absolute atomic E-state index is 0.152. The van der Waals surface area contributed by atoms with E-state index in [1.165, 1.54) is 13.8 Å². The van der Waals surface area contributed by atoms with Crippen molar-refractivity contribution in [2.75, 3.05) is 6.61 Å². The number of carbonyl (C=O) groups is 5. The Morgan fingerprint density at radius 2 is 1.30 bits per heavy atom. The van der Waals surface area contributed by atoms with Gasteiger partial charge in [-0.05, 0) is 24.1 Å². The van der Waals surface area contributed by atoms with Crippen molar-refractivity contribution in [3.8, 4) is 5.75 Å². The van der Waals surface area contributed by atoms with E-state index >= 15 is 0 Å². The first kappa shape index (κ1) is 30.3. The first-order chi connectivity index (χ1) is 19.0. The predicted octanol–water partition coefficient (Wildman–Crippen LogP) is 3.27. The van der Waals surface area contributed by atoms with Crippen molar-refractivity contribution >= 4 is 29.7 Å². The first-order valence-electron chi connectivity index (χ1n) is 12.6. The average molecular weight is 557 g/mol. The lowest BCUT2D eigenvalue weighted by Crippen LogP contribution is -2.59. The number of ether oxygens (including phenoxy) is 6. The van der Waals surface area contributed by atoms with Gasteiger partial charge in [-0.2, -0.15) is 0 Å². The predicted molar refractivity (Wildman–Crippen MR) is 138 cm³/mol. The van der Waals surface area contributed by atoms with E-state index in [0.717, 1.165) is 26.3 Å². The summed E-state index contributed by atoms with van der Waals surface area (Å²) in [5.74, 6) is -2.98. The van der Waals surface area contributed by atoms with Gasteiger partial charge < -0.3 is 28.4 Å². The van der Waals surface area contributed by atoms with Gasteiger partial charge in [-0.15, -0.1) is 0 Å². The topological polar surface area (TPSA) is 141 Å². The molecule has 1 saturated heterocycles. The summed E-state index contributed by atoms with van der Waals surface area (Å²) >= 11 is 0. The number of esters is 4. The van der Waals surface area contributed by atoms with Crippen LogP contribution in [0.4, 0.5) is 0 Å². The van der Waals surface area contributed by atoms with Gasteiger partial charge in [0.2, 0.25) is 0 Å². The number of rotatable bonds is 10. The monoisotopic (exact) mass is 556 g/mol. The Labute approximate surface area is 231 Å². The molecule has 0 bridgehead atoms. The molecule has 0 aliphatic carbocycles. The van der Waals surface area contributed by atoms with E-state index in [1.54, 1.807) is 18.2 Å². The molecule has 40 heavy (non-hydrogen) atoms. The highest BCUT2D eigenvalue weighted by Crippen LogP contribution is 2.41. The molecule has 11 nitrogen and oxygen atoms in total. The van der Waals surface area contributed by atoms with E-state index in [9.17, 15) is 24.0 Å². The number of carbonyl (C=O) groups excluding carboxylic acids is 5. The van der Waals surface area contributed by atoms with Crippen LogP contribution in [-0.2, 0) is 49.5 Å². The Hall–Kier alpha value is -4.25. The molecule has 0 N–H and O–H groups in total. The Bertz CT molecular complexity index is 1240. The van der Waals surface area contributed by atoms with Gasteiger partial charge in [-0.3, -0.25) is 24.0 Å². The fraction of sp³-hybridized carbons (Fsp3) is 0.414. The summed E-state index contributed by atoms with van der Waals surface area (Å²) in [6.07, 6.45) is -6.37. The minimum atomic E-state index is -1.36. The highest BCUT2D eigenvalue weighted by atomic mass is 16.7. The average Bonchev–Trinajstić information content (AvgIpc) is 2.88. The molecule has 1 fully saturated rings. The van der Waals surface area contributed by atoms with Gasteiger partial charge in [0.05, 0.1) is 5.56 Å². The zero-order valence-electron chi connectivity index (χ0n) is 22.9. The van der Waals surface area contributed by atoms with Crippen LogP contribution in [-0.4, -0.2) is 60.7 Å². The Morgan fingerprint density at radius 1 is 0.700 bits per heavy atom. The van der Waals surface area contributed by atoms with E-state index in [-0.39, 0.29) is 35.9 Å². The Morgan fingerprint density at radius 3 is 1.88 bits per heavy atom. The fourth-order valence-electron chi connectivity index (χ4n) is 4.50. The molecule has 0 spiro atoms. The van der Waals surface area contributed by atoms with Gasteiger partial charge in [0, 0.05) is 27.7 Å². The number of Topliss-reactive ketones (excluding diaryl/α,β-unsaturated/α-hetero) is 1. The molecule has 0 saturated carbocycles. The van der Waals surface area contributed by atoms with Gasteiger partial charge >= 0.3 is 23.9 Å². The molecule has 1 aliphatic heterocycles. The molecular weight excluding hydrogens is 524 g/mol. The summed E-state index contributed by atoms with van der Waals surface area (Å²) in [7, 11) is 0. The highest BCUT2D eigenvalue weighted by molar-refractivity contribution is 5.98. The lowest BCUT2D eigenvalue weighted by molar-refractivity contribution is -0.254. The number of ketones is 1. The molecule has 214 valence electrons. The van der Waals surface area contributed by atoms with Crippen molar-refractivity contribution in [2.45, 2.75) is 71.7 Å². The molecule has 0 amide bonds. The number of hydrogen-bond acceptors (Lipinski definition) is 11. The number of benzene rings is 2. The second kappa shape index (κ2) is 13.7. The van der Waals surface area contributed by atoms with Crippen molar-refractivity contribution in [3.63, 3.8) is 0 Å². The van der Waals surface area contributed by atoms with E-state index in [0.29, 0.717) is 0 Å². The zero-order chi connectivity index (χ0) is 29.4. The van der Waals surface area contributed by atoms with Gasteiger partial charge in [-0.1, -0.05) is 42.5 Å². The van der Waals surface area contributed by atoms with Crippen LogP contribution in [0.1, 0.15) is 62.2 Å². The van der Waals surface area contributed by atoms with Crippen molar-refractivity contribution in [1.82, 2.24) is 0 Å². The molecule has 2 aromatic carbocycles. The van der Waals surface area contributed by atoms with Gasteiger partial charge in [0.15, 0.2) is 24.1 Å². The second-order valence-corrected chi connectivity index (χ2v) is 9.17. The second-order valence-electron chi connectivity index (χ2n) is 9.17. The normalized spacial score (nSPS) is 22.0. The van der Waals surface area contributed by atoms with Crippen LogP contribution in [0.25, 0.3) is 0 Å². The lowest BCUT2D eigenvalue weighted by Gasteiger charge is -2.45. The molecular formula is C29H32O11. The standard InChI is InChI=1S/C29H32O11/c1-16(30)25-22(12-9-13-23(25)36-14-21-10-7-6-8-11-21)26-28(38-19(4)33)29(39-20(5)34)27(37-18(3)32)24(40-26)15-35-17(2)31/h6-13,24,26-29H,14-15H2,1-5H3/t24-,26+,27-,28+,29+/m1/s1. The maximum atomic E-state index is 13.0. The van der Waals surface area contributed by atoms with Crippen molar-refractivity contribution in [1.29, 1.82) is 0 Å². The van der Waals surface area contributed by atoms with Gasteiger partial charge in [0.1, 0.15) is 31.2 Å². The van der Waals surface area contributed by atoms with Crippen molar-refractivity contribution < 1.29 is 52.4 Å². The van der Waals surface area contributed by atoms with Crippen LogP contribution < -0.4 is 4.74 Å². The van der Waals surface area contributed by atoms with E-state index in [1.807, 2.05) is 30.3 Å². The summed E-state index contributed by atoms with van der Waals surface area (Å²) < 4.78 is 33.9. The summed E-state index contributed by atoms with van der Waals surface area (Å²) in [6, 6.07) is 14.2. The molecule has 1 heterocycles. The van der Waals surface area contributed by atoms with E-state index in [2.05, 4.69) is 0 Å². The van der Waals surface area contributed by atoms with E-state index < -0.39 is 54.4 Å². The largest absolute Gasteiger partial charge is 0.488 e. The van der Waals surface area contributed by atoms with Crippen LogP contribution in [0.5, 0.6) is 5.75 Å². The fourth-order valence-corrected chi connectivity index (χ4v) is 4.50. The first-order valence-corrected chi connectivity index (χ1v) is 12.6. The van der Waals surface area contributed by atoms with Crippen molar-refractivity contribution in [3.05, 3.63) is 65.2 Å². The number of hydrogen-bond donors (Lipinski definition) is 0. The summed E-state index contributed by atoms with van der Waals surface area (Å²) in [6.45, 7) is 5.76. The minimum Gasteiger partial charge on any atom is -0.488 e. The Balaban J connectivity index is 2.13. The summed E-state index contributed by atoms with van der Waals surface area (Å²) in [5, 5.41) is 0. The third-order valence-electron chi connectivity index (χ3n) is 5.95. The quantitative estimate of drug-likeness (QED) is 0.242. The molecule has 11 heteroatoms. The molecule has 0 unspecified atom stereocenters. The van der Waals surface area contributed by atoms with Crippen LogP contribution in [0.15, 0.2) is 48.5 Å². The SMILES string of the molecule is CC(=O)OC[C@H]1O[C@@H](c2cccc(OCc3ccccc3)c2C(C)=O)[C@H](OC(C)=O)[C@@H](OC(C)=O)[C@@H]1OC(C)=O. The molecule has 0 radical (unpaired) electrons. The molecule has 1 aliphatic rings. The van der Waals surface area contributed by atoms with Crippen LogP contribution in [0, 0.1) is 0 Å².